The van der Waals surface area contributed by atoms with Crippen molar-refractivity contribution < 1.29 is 5.11 Å². The summed E-state index contributed by atoms with van der Waals surface area (Å²) in [6.07, 6.45) is 1.18. The number of H-pyrrole nitrogens is 2. The molecule has 0 aliphatic carbocycles. The molecule has 0 saturated carbocycles. The van der Waals surface area contributed by atoms with E-state index < -0.39 is 17.1 Å². The van der Waals surface area contributed by atoms with Crippen molar-refractivity contribution in [3.63, 3.8) is 0 Å². The molecule has 4 aromatic rings. The average molecular weight is 338 g/mol. The molecule has 118 valence electrons. The van der Waals surface area contributed by atoms with Gasteiger partial charge in [-0.05, 0) is 11.5 Å². The molecule has 0 bridgehead atoms. The average Bonchev–Trinajstić information content (AvgIpc) is 2.97. The van der Waals surface area contributed by atoms with Crippen molar-refractivity contribution in [1.29, 1.82) is 0 Å². The van der Waals surface area contributed by atoms with Crippen LogP contribution < -0.4 is 11.2 Å². The van der Waals surface area contributed by atoms with Gasteiger partial charge in [-0.1, -0.05) is 41.7 Å². The molecule has 0 amide bonds. The summed E-state index contributed by atoms with van der Waals surface area (Å²) in [6.45, 7) is 0. The fourth-order valence-electron chi connectivity index (χ4n) is 2.42. The second-order valence-corrected chi connectivity index (χ2v) is 6.04. The molecule has 4 rings (SSSR count). The summed E-state index contributed by atoms with van der Waals surface area (Å²) in [6, 6.07) is 11.9. The van der Waals surface area contributed by atoms with Crippen molar-refractivity contribution in [1.82, 2.24) is 15.0 Å². The zero-order valence-corrected chi connectivity index (χ0v) is 12.9. The van der Waals surface area contributed by atoms with Gasteiger partial charge in [0.1, 0.15) is 5.56 Å². The number of nitrogens with one attached hydrogen (secondary N) is 2. The summed E-state index contributed by atoms with van der Waals surface area (Å²) in [5, 5.41) is 12.3. The Balaban J connectivity index is 1.82. The van der Waals surface area contributed by atoms with Gasteiger partial charge in [0, 0.05) is 11.6 Å². The van der Waals surface area contributed by atoms with Gasteiger partial charge >= 0.3 is 5.69 Å². The number of hydrogen-bond acceptors (Lipinski definition) is 6. The maximum Gasteiger partial charge on any atom is 0.328 e. The van der Waals surface area contributed by atoms with Gasteiger partial charge in [0.2, 0.25) is 11.0 Å². The summed E-state index contributed by atoms with van der Waals surface area (Å²) >= 11 is 1.39. The lowest BCUT2D eigenvalue weighted by molar-refractivity contribution is 0.447. The second kappa shape index (κ2) is 5.43. The minimum atomic E-state index is -0.777. The number of rotatable bonds is 2. The number of aromatic hydroxyl groups is 1. The van der Waals surface area contributed by atoms with Gasteiger partial charge in [0.15, 0.2) is 0 Å². The lowest BCUT2D eigenvalue weighted by Crippen LogP contribution is -2.24. The summed E-state index contributed by atoms with van der Waals surface area (Å²) in [5.41, 5.74) is -0.808. The van der Waals surface area contributed by atoms with Crippen LogP contribution in [-0.2, 0) is 0 Å². The molecule has 0 atom stereocenters. The maximum atomic E-state index is 11.7. The molecule has 3 N–H and O–H groups in total. The van der Waals surface area contributed by atoms with E-state index in [0.717, 1.165) is 21.0 Å². The van der Waals surface area contributed by atoms with Crippen LogP contribution >= 0.6 is 11.3 Å². The lowest BCUT2D eigenvalue weighted by Gasteiger charge is -1.96. The first-order valence-corrected chi connectivity index (χ1v) is 7.81. The van der Waals surface area contributed by atoms with E-state index in [-0.39, 0.29) is 5.56 Å². The fourth-order valence-corrected chi connectivity index (χ4v) is 3.37. The molecule has 8 heteroatoms. The van der Waals surface area contributed by atoms with E-state index in [1.54, 1.807) is 0 Å². The van der Waals surface area contributed by atoms with Crippen molar-refractivity contribution in [2.24, 2.45) is 4.99 Å². The predicted molar refractivity (Wildman–Crippen MR) is 93.7 cm³/mol. The molecule has 0 saturated heterocycles. The first kappa shape index (κ1) is 14.3. The summed E-state index contributed by atoms with van der Waals surface area (Å²) < 4.78 is 1.000. The Labute approximate surface area is 138 Å². The normalized spacial score (nSPS) is 11.7. The summed E-state index contributed by atoms with van der Waals surface area (Å²) in [4.78, 5) is 35.4. The van der Waals surface area contributed by atoms with E-state index in [1.165, 1.54) is 17.6 Å². The highest BCUT2D eigenvalue weighted by Crippen LogP contribution is 2.33. The van der Waals surface area contributed by atoms with Crippen molar-refractivity contribution in [3.05, 3.63) is 62.8 Å². The molecule has 2 heterocycles. The number of aliphatic imine (C=N–C) groups is 1. The fraction of sp³-hybridized carbons (Fsp3) is 0. The van der Waals surface area contributed by atoms with E-state index in [2.05, 4.69) is 15.0 Å². The van der Waals surface area contributed by atoms with Gasteiger partial charge in [-0.25, -0.2) is 14.8 Å². The van der Waals surface area contributed by atoms with Gasteiger partial charge in [-0.2, -0.15) is 0 Å². The monoisotopic (exact) mass is 338 g/mol. The summed E-state index contributed by atoms with van der Waals surface area (Å²) in [7, 11) is 0. The zero-order chi connectivity index (χ0) is 16.7. The van der Waals surface area contributed by atoms with Crippen molar-refractivity contribution in [3.8, 4) is 5.88 Å². The third kappa shape index (κ3) is 2.38. The van der Waals surface area contributed by atoms with Gasteiger partial charge in [-0.15, -0.1) is 0 Å². The first-order chi connectivity index (χ1) is 11.6. The standard InChI is InChI=1S/C16H10N4O3S/c21-13-10(14(22)20-15(23)19-13)7-17-16-18-11-6-5-8-3-1-2-4-9(8)12(11)24-16/h1-7H,(H3,19,20,21,22,23)/b17-7+. The molecule has 0 radical (unpaired) electrons. The SMILES string of the molecule is O=c1[nH]c(O)c(/C=N/c2nc3ccc4ccccc4c3s2)c(=O)[nH]1. The molecule has 0 fully saturated rings. The minimum absolute atomic E-state index is 0.126. The molecular weight excluding hydrogens is 328 g/mol. The molecule has 0 unspecified atom stereocenters. The largest absolute Gasteiger partial charge is 0.494 e. The molecular formula is C16H10N4O3S. The Morgan fingerprint density at radius 2 is 1.96 bits per heavy atom. The summed E-state index contributed by atoms with van der Waals surface area (Å²) in [5.74, 6) is -0.529. The van der Waals surface area contributed by atoms with E-state index in [9.17, 15) is 14.7 Å². The number of aromatic amines is 2. The highest BCUT2D eigenvalue weighted by atomic mass is 32.1. The van der Waals surface area contributed by atoms with Crippen LogP contribution in [0.2, 0.25) is 0 Å². The van der Waals surface area contributed by atoms with Crippen LogP contribution in [0, 0.1) is 0 Å². The topological polar surface area (TPSA) is 111 Å². The Kier molecular flexibility index (Phi) is 3.24. The third-order valence-corrected chi connectivity index (χ3v) is 4.54. The molecule has 0 spiro atoms. The predicted octanol–water partition coefficient (Wildman–Crippen LogP) is 2.28. The van der Waals surface area contributed by atoms with Crippen LogP contribution in [0.25, 0.3) is 21.0 Å². The van der Waals surface area contributed by atoms with Crippen molar-refractivity contribution in [2.45, 2.75) is 0 Å². The van der Waals surface area contributed by atoms with E-state index in [1.807, 2.05) is 41.4 Å². The number of aromatic nitrogens is 3. The number of hydrogen-bond donors (Lipinski definition) is 3. The Hall–Kier alpha value is -3.26. The van der Waals surface area contributed by atoms with Crippen molar-refractivity contribution >= 4 is 43.7 Å². The number of fused-ring (bicyclic) bond motifs is 3. The van der Waals surface area contributed by atoms with Crippen LogP contribution in [0.5, 0.6) is 5.88 Å². The highest BCUT2D eigenvalue weighted by molar-refractivity contribution is 7.22. The van der Waals surface area contributed by atoms with E-state index in [0.29, 0.717) is 5.13 Å². The van der Waals surface area contributed by atoms with Crippen LogP contribution in [0.1, 0.15) is 5.56 Å². The molecule has 2 aromatic carbocycles. The minimum Gasteiger partial charge on any atom is -0.494 e. The lowest BCUT2D eigenvalue weighted by atomic mass is 10.1. The van der Waals surface area contributed by atoms with Crippen LogP contribution in [0.15, 0.2) is 51.0 Å². The molecule has 7 nitrogen and oxygen atoms in total. The highest BCUT2D eigenvalue weighted by Gasteiger charge is 2.08. The Bertz CT molecular complexity index is 1220. The number of thiazole rings is 1. The smallest absolute Gasteiger partial charge is 0.328 e. The molecule has 24 heavy (non-hydrogen) atoms. The van der Waals surface area contributed by atoms with Gasteiger partial charge in [-0.3, -0.25) is 14.8 Å². The number of benzene rings is 2. The molecule has 2 aromatic heterocycles. The van der Waals surface area contributed by atoms with Gasteiger partial charge in [0.05, 0.1) is 10.2 Å². The van der Waals surface area contributed by atoms with Gasteiger partial charge in [0.25, 0.3) is 5.56 Å². The first-order valence-electron chi connectivity index (χ1n) is 7.00. The van der Waals surface area contributed by atoms with E-state index in [4.69, 9.17) is 0 Å². The Morgan fingerprint density at radius 3 is 2.79 bits per heavy atom. The molecule has 0 aliphatic rings. The van der Waals surface area contributed by atoms with Crippen LogP contribution in [0.3, 0.4) is 0 Å². The van der Waals surface area contributed by atoms with Crippen molar-refractivity contribution in [2.75, 3.05) is 0 Å². The number of nitrogens with zero attached hydrogens (tertiary/aromatic N) is 2. The van der Waals surface area contributed by atoms with Crippen LogP contribution in [-0.4, -0.2) is 26.3 Å². The van der Waals surface area contributed by atoms with Crippen LogP contribution in [0.4, 0.5) is 5.13 Å². The Morgan fingerprint density at radius 1 is 1.12 bits per heavy atom. The van der Waals surface area contributed by atoms with Gasteiger partial charge < -0.3 is 5.11 Å². The molecule has 0 aliphatic heterocycles. The third-order valence-electron chi connectivity index (χ3n) is 3.53. The maximum absolute atomic E-state index is 11.7. The second-order valence-electron chi connectivity index (χ2n) is 5.06. The zero-order valence-electron chi connectivity index (χ0n) is 12.1. The quantitative estimate of drug-likeness (QED) is 0.487. The van der Waals surface area contributed by atoms with E-state index >= 15 is 0 Å².